The molecular formula is C7H14N3OS+. The van der Waals surface area contributed by atoms with Crippen LogP contribution in [0.3, 0.4) is 0 Å². The third-order valence-corrected chi connectivity index (χ3v) is 1.56. The van der Waals surface area contributed by atoms with E-state index in [4.69, 9.17) is 5.73 Å². The fourth-order valence-corrected chi connectivity index (χ4v) is 0.705. The van der Waals surface area contributed by atoms with Gasteiger partial charge in [0, 0.05) is 6.08 Å². The second kappa shape index (κ2) is 5.65. The standard InChI is InChI=1S/C7H13N3OS/c1-5(4-6(2)11)9-10-7(8)12-3/h4,9H,1-3H3,(H2,8,10)/p+1. The predicted molar refractivity (Wildman–Crippen MR) is 51.2 cm³/mol. The molecule has 0 saturated heterocycles. The van der Waals surface area contributed by atoms with Gasteiger partial charge in [-0.2, -0.15) is 5.10 Å². The van der Waals surface area contributed by atoms with Gasteiger partial charge in [0.1, 0.15) is 0 Å². The van der Waals surface area contributed by atoms with E-state index < -0.39 is 0 Å². The molecule has 0 aliphatic carbocycles. The largest absolute Gasteiger partial charge is 0.325 e. The molecule has 0 heterocycles. The lowest BCUT2D eigenvalue weighted by molar-refractivity contribution is -0.514. The van der Waals surface area contributed by atoms with Crippen LogP contribution in [0.5, 0.6) is 0 Å². The molecule has 0 unspecified atom stereocenters. The van der Waals surface area contributed by atoms with Crippen molar-refractivity contribution >= 4 is 22.7 Å². The lowest BCUT2D eigenvalue weighted by Gasteiger charge is -1.95. The van der Waals surface area contributed by atoms with Crippen LogP contribution in [-0.2, 0) is 4.79 Å². The third kappa shape index (κ3) is 5.79. The Labute approximate surface area is 76.3 Å². The van der Waals surface area contributed by atoms with Crippen molar-refractivity contribution in [3.63, 3.8) is 0 Å². The first kappa shape index (κ1) is 11.0. The summed E-state index contributed by atoms with van der Waals surface area (Å²) in [5.41, 5.74) is 8.95. The Balaban J connectivity index is 4.02. The van der Waals surface area contributed by atoms with Crippen LogP contribution in [0.2, 0.25) is 0 Å². The summed E-state index contributed by atoms with van der Waals surface area (Å²) in [4.78, 5) is 10.6. The molecule has 12 heavy (non-hydrogen) atoms. The van der Waals surface area contributed by atoms with Crippen LogP contribution in [0.15, 0.2) is 11.8 Å². The summed E-state index contributed by atoms with van der Waals surface area (Å²) >= 11 is 1.39. The van der Waals surface area contributed by atoms with Gasteiger partial charge < -0.3 is 0 Å². The molecule has 0 bridgehead atoms. The van der Waals surface area contributed by atoms with Crippen molar-refractivity contribution in [2.45, 2.75) is 13.8 Å². The van der Waals surface area contributed by atoms with E-state index in [-0.39, 0.29) is 5.78 Å². The van der Waals surface area contributed by atoms with Gasteiger partial charge in [-0.1, -0.05) is 0 Å². The molecule has 0 amide bonds. The van der Waals surface area contributed by atoms with Crippen molar-refractivity contribution in [1.82, 2.24) is 5.43 Å². The summed E-state index contributed by atoms with van der Waals surface area (Å²) in [6.07, 6.45) is 3.34. The summed E-state index contributed by atoms with van der Waals surface area (Å²) in [5, 5.41) is 3.29. The van der Waals surface area contributed by atoms with Gasteiger partial charge in [0.15, 0.2) is 5.78 Å². The van der Waals surface area contributed by atoms with Gasteiger partial charge in [0.2, 0.25) is 0 Å². The minimum Gasteiger partial charge on any atom is -0.295 e. The predicted octanol–water partition coefficient (Wildman–Crippen LogP) is -1.26. The molecule has 0 radical (unpaired) electrons. The van der Waals surface area contributed by atoms with E-state index in [1.54, 1.807) is 6.92 Å². The third-order valence-electron chi connectivity index (χ3n) is 1.02. The normalized spacial score (nSPS) is 12.9. The lowest BCUT2D eigenvalue weighted by Crippen LogP contribution is -2.83. The van der Waals surface area contributed by atoms with Crippen molar-refractivity contribution in [2.24, 2.45) is 5.73 Å². The highest BCUT2D eigenvalue weighted by Gasteiger charge is 1.94. The fourth-order valence-electron chi connectivity index (χ4n) is 0.552. The van der Waals surface area contributed by atoms with Crippen LogP contribution in [-0.4, -0.2) is 17.2 Å². The van der Waals surface area contributed by atoms with Gasteiger partial charge in [-0.15, -0.1) is 0 Å². The average Bonchev–Trinajstić information content (AvgIpc) is 1.99. The topological polar surface area (TPSA) is 69.1 Å². The van der Waals surface area contributed by atoms with Crippen LogP contribution in [0.25, 0.3) is 0 Å². The van der Waals surface area contributed by atoms with E-state index in [1.165, 1.54) is 24.8 Å². The average molecular weight is 188 g/mol. The van der Waals surface area contributed by atoms with Crippen molar-refractivity contribution < 1.29 is 9.90 Å². The molecular weight excluding hydrogens is 174 g/mol. The number of hydrogen-bond donors (Lipinski definition) is 3. The first-order valence-electron chi connectivity index (χ1n) is 3.43. The first-order valence-corrected chi connectivity index (χ1v) is 4.66. The van der Waals surface area contributed by atoms with Crippen molar-refractivity contribution in [3.05, 3.63) is 11.8 Å². The zero-order valence-corrected chi connectivity index (χ0v) is 8.29. The van der Waals surface area contributed by atoms with Crippen LogP contribution in [0, 0.1) is 0 Å². The monoisotopic (exact) mass is 188 g/mol. The summed E-state index contributed by atoms with van der Waals surface area (Å²) in [7, 11) is 0. The SMILES string of the molecule is CS/C(N)=[NH+]/NC(C)=CC(C)=O. The molecule has 0 atom stereocenters. The zero-order valence-electron chi connectivity index (χ0n) is 7.47. The Hall–Kier alpha value is -0.970. The minimum absolute atomic E-state index is 0.00419. The van der Waals surface area contributed by atoms with E-state index in [0.29, 0.717) is 5.17 Å². The van der Waals surface area contributed by atoms with Gasteiger partial charge in [-0.05, 0) is 31.9 Å². The van der Waals surface area contributed by atoms with Crippen LogP contribution in [0.1, 0.15) is 13.8 Å². The molecule has 68 valence electrons. The number of allylic oxidation sites excluding steroid dienone is 2. The number of hydrazine groups is 1. The molecule has 0 aliphatic rings. The molecule has 4 N–H and O–H groups in total. The Morgan fingerprint density at radius 1 is 1.58 bits per heavy atom. The fraction of sp³-hybridized carbons (Fsp3) is 0.429. The molecule has 0 fully saturated rings. The molecule has 0 saturated carbocycles. The highest BCUT2D eigenvalue weighted by Crippen LogP contribution is 1.83. The lowest BCUT2D eigenvalue weighted by atomic mass is 10.3. The van der Waals surface area contributed by atoms with Gasteiger partial charge in [0.05, 0.1) is 5.70 Å². The molecule has 0 aromatic carbocycles. The number of hydrogen-bond acceptors (Lipinski definition) is 3. The Bertz CT molecular complexity index is 223. The van der Waals surface area contributed by atoms with Gasteiger partial charge >= 0.3 is 5.17 Å². The Kier molecular flexibility index (Phi) is 5.19. The number of carbonyl (C=O) groups is 1. The minimum atomic E-state index is 0.00419. The summed E-state index contributed by atoms with van der Waals surface area (Å²) in [6.45, 7) is 3.27. The van der Waals surface area contributed by atoms with E-state index in [1.807, 2.05) is 6.26 Å². The number of thioether (sulfide) groups is 1. The van der Waals surface area contributed by atoms with Gasteiger partial charge in [-0.25, -0.2) is 5.43 Å². The molecule has 0 aliphatic heterocycles. The molecule has 4 nitrogen and oxygen atoms in total. The smallest absolute Gasteiger partial charge is 0.295 e. The summed E-state index contributed by atoms with van der Waals surface area (Å²) < 4.78 is 0. The number of amidine groups is 1. The maximum Gasteiger partial charge on any atom is 0.325 e. The molecule has 0 spiro atoms. The van der Waals surface area contributed by atoms with Gasteiger partial charge in [0.25, 0.3) is 0 Å². The molecule has 0 aromatic heterocycles. The number of nitrogens with two attached hydrogens (primary N) is 1. The van der Waals surface area contributed by atoms with Crippen LogP contribution >= 0.6 is 11.8 Å². The highest BCUT2D eigenvalue weighted by molar-refractivity contribution is 8.12. The van der Waals surface area contributed by atoms with E-state index >= 15 is 0 Å². The van der Waals surface area contributed by atoms with Crippen molar-refractivity contribution in [1.29, 1.82) is 0 Å². The molecule has 5 heteroatoms. The first-order chi connectivity index (χ1) is 5.56. The number of carbonyl (C=O) groups excluding carboxylic acids is 1. The van der Waals surface area contributed by atoms with E-state index in [9.17, 15) is 4.79 Å². The Morgan fingerprint density at radius 3 is 2.58 bits per heavy atom. The molecule has 0 aromatic rings. The maximum atomic E-state index is 10.6. The molecule has 0 rings (SSSR count). The van der Waals surface area contributed by atoms with E-state index in [0.717, 1.165) is 5.70 Å². The highest BCUT2D eigenvalue weighted by atomic mass is 32.2. The number of ketones is 1. The maximum absolute atomic E-state index is 10.6. The second-order valence-corrected chi connectivity index (χ2v) is 3.10. The summed E-state index contributed by atoms with van der Waals surface area (Å²) in [5.74, 6) is 0.00419. The Morgan fingerprint density at radius 2 is 2.17 bits per heavy atom. The van der Waals surface area contributed by atoms with Crippen LogP contribution in [0.4, 0.5) is 0 Å². The zero-order chi connectivity index (χ0) is 9.56. The second-order valence-electron chi connectivity index (χ2n) is 2.26. The number of hydrazone groups is 1. The quantitative estimate of drug-likeness (QED) is 0.224. The van der Waals surface area contributed by atoms with E-state index in [2.05, 4.69) is 10.5 Å². The summed E-state index contributed by atoms with van der Waals surface area (Å²) in [6, 6.07) is 0. The van der Waals surface area contributed by atoms with Crippen LogP contribution < -0.4 is 16.3 Å². The van der Waals surface area contributed by atoms with Crippen molar-refractivity contribution in [3.8, 4) is 0 Å². The number of nitrogens with one attached hydrogen (secondary N) is 2. The van der Waals surface area contributed by atoms with Gasteiger partial charge in [-0.3, -0.25) is 10.5 Å². The van der Waals surface area contributed by atoms with Crippen molar-refractivity contribution in [2.75, 3.05) is 6.26 Å². The number of rotatable bonds is 3.